The van der Waals surface area contributed by atoms with Crippen molar-refractivity contribution < 1.29 is 19.2 Å². The summed E-state index contributed by atoms with van der Waals surface area (Å²) in [6.07, 6.45) is 0. The molecule has 1 amide bonds. The van der Waals surface area contributed by atoms with Gasteiger partial charge in [-0.15, -0.1) is 0 Å². The molecule has 1 N–H and O–H groups in total. The fourth-order valence-corrected chi connectivity index (χ4v) is 2.94. The van der Waals surface area contributed by atoms with E-state index in [1.165, 1.54) is 29.5 Å². The number of ether oxygens (including phenoxy) is 2. The zero-order chi connectivity index (χ0) is 18.5. The molecular weight excluding hydrogens is 360 g/mol. The van der Waals surface area contributed by atoms with E-state index in [9.17, 15) is 14.9 Å². The molecule has 9 nitrogen and oxygen atoms in total. The number of nitro groups is 1. The van der Waals surface area contributed by atoms with Crippen LogP contribution in [0.15, 0.2) is 36.4 Å². The van der Waals surface area contributed by atoms with Crippen LogP contribution in [0.25, 0.3) is 10.2 Å². The molecule has 0 saturated carbocycles. The van der Waals surface area contributed by atoms with Crippen LogP contribution in [-0.4, -0.2) is 34.2 Å². The van der Waals surface area contributed by atoms with E-state index in [2.05, 4.69) is 15.3 Å². The second-order valence-electron chi connectivity index (χ2n) is 5.00. The number of carbonyl (C=O) groups excluding carboxylic acids is 1. The summed E-state index contributed by atoms with van der Waals surface area (Å²) in [7, 11) is 0. The Balaban J connectivity index is 1.75. The lowest BCUT2D eigenvalue weighted by molar-refractivity contribution is -0.389. The minimum atomic E-state index is -0.655. The van der Waals surface area contributed by atoms with Crippen LogP contribution in [0, 0.1) is 10.1 Å². The highest BCUT2D eigenvalue weighted by Gasteiger charge is 2.18. The molecule has 0 radical (unpaired) electrons. The number of benzene rings is 1. The van der Waals surface area contributed by atoms with Crippen molar-refractivity contribution in [3.8, 4) is 5.75 Å². The van der Waals surface area contributed by atoms with E-state index in [1.54, 1.807) is 18.2 Å². The number of hydrogen-bond donors (Lipinski definition) is 1. The third-order valence-corrected chi connectivity index (χ3v) is 4.18. The second-order valence-corrected chi connectivity index (χ2v) is 6.03. The molecule has 3 aromatic rings. The van der Waals surface area contributed by atoms with Crippen LogP contribution in [0.5, 0.6) is 5.75 Å². The van der Waals surface area contributed by atoms with Crippen molar-refractivity contribution in [3.63, 3.8) is 0 Å². The van der Waals surface area contributed by atoms with Gasteiger partial charge in [-0.05, 0) is 47.2 Å². The summed E-state index contributed by atoms with van der Waals surface area (Å²) in [6.45, 7) is 2.59. The summed E-state index contributed by atoms with van der Waals surface area (Å²) in [6, 6.07) is 9.35. The molecule has 26 heavy (non-hydrogen) atoms. The van der Waals surface area contributed by atoms with Gasteiger partial charge >= 0.3 is 11.7 Å². The predicted octanol–water partition coefficient (Wildman–Crippen LogP) is 3.22. The van der Waals surface area contributed by atoms with Gasteiger partial charge in [0.1, 0.15) is 5.75 Å². The van der Waals surface area contributed by atoms with E-state index in [0.29, 0.717) is 23.0 Å². The number of nitrogens with one attached hydrogen (secondary N) is 1. The van der Waals surface area contributed by atoms with Crippen LogP contribution in [0.3, 0.4) is 0 Å². The molecule has 10 heteroatoms. The summed E-state index contributed by atoms with van der Waals surface area (Å²) >= 11 is 1.26. The molecule has 0 spiro atoms. The number of aromatic nitrogens is 2. The Morgan fingerprint density at radius 1 is 1.31 bits per heavy atom. The summed E-state index contributed by atoms with van der Waals surface area (Å²) in [5, 5.41) is 13.7. The molecular formula is C16H14N4O5S. The Kier molecular flexibility index (Phi) is 5.34. The number of amides is 1. The number of hydrogen-bond acceptors (Lipinski definition) is 8. The first kappa shape index (κ1) is 17.7. The van der Waals surface area contributed by atoms with Gasteiger partial charge in [0.15, 0.2) is 11.9 Å². The highest BCUT2D eigenvalue weighted by atomic mass is 32.1. The van der Waals surface area contributed by atoms with Gasteiger partial charge in [-0.25, -0.2) is 4.98 Å². The monoisotopic (exact) mass is 374 g/mol. The Bertz CT molecular complexity index is 959. The molecule has 134 valence electrons. The zero-order valence-corrected chi connectivity index (χ0v) is 14.5. The molecule has 0 aliphatic rings. The van der Waals surface area contributed by atoms with Crippen molar-refractivity contribution in [2.75, 3.05) is 18.7 Å². The minimum absolute atomic E-state index is 0.0563. The molecule has 0 aliphatic carbocycles. The number of rotatable bonds is 7. The Morgan fingerprint density at radius 2 is 2.15 bits per heavy atom. The van der Waals surface area contributed by atoms with Crippen molar-refractivity contribution in [1.29, 1.82) is 0 Å². The largest absolute Gasteiger partial charge is 0.468 e. The number of carbonyl (C=O) groups is 1. The average Bonchev–Trinajstić information content (AvgIpc) is 3.03. The Morgan fingerprint density at radius 3 is 2.92 bits per heavy atom. The van der Waals surface area contributed by atoms with Crippen molar-refractivity contribution in [3.05, 3.63) is 52.2 Å². The summed E-state index contributed by atoms with van der Waals surface area (Å²) in [4.78, 5) is 30.4. The summed E-state index contributed by atoms with van der Waals surface area (Å²) in [5.41, 5.74) is 0.639. The number of thiazole rings is 1. The fraction of sp³-hybridized carbons (Fsp3) is 0.188. The quantitative estimate of drug-likeness (QED) is 0.292. The SMILES string of the molecule is CCOCOc1ccc2nc(NC(=O)c3cccc([N+](=O)[O-])n3)sc2c1. The van der Waals surface area contributed by atoms with Crippen LogP contribution in [0.2, 0.25) is 0 Å². The molecule has 2 aromatic heterocycles. The lowest BCUT2D eigenvalue weighted by Crippen LogP contribution is -2.13. The van der Waals surface area contributed by atoms with Gasteiger partial charge < -0.3 is 19.6 Å². The number of pyridine rings is 1. The van der Waals surface area contributed by atoms with Gasteiger partial charge in [0, 0.05) is 12.7 Å². The molecule has 0 fully saturated rings. The first-order valence-electron chi connectivity index (χ1n) is 7.60. The summed E-state index contributed by atoms with van der Waals surface area (Å²) < 4.78 is 11.4. The topological polar surface area (TPSA) is 116 Å². The second kappa shape index (κ2) is 7.85. The van der Waals surface area contributed by atoms with E-state index in [-0.39, 0.29) is 12.5 Å². The van der Waals surface area contributed by atoms with Crippen molar-refractivity contribution >= 4 is 38.4 Å². The first-order valence-corrected chi connectivity index (χ1v) is 8.42. The molecule has 0 bridgehead atoms. The zero-order valence-electron chi connectivity index (χ0n) is 13.7. The predicted molar refractivity (Wildman–Crippen MR) is 95.6 cm³/mol. The molecule has 1 aromatic carbocycles. The van der Waals surface area contributed by atoms with Crippen LogP contribution >= 0.6 is 11.3 Å². The summed E-state index contributed by atoms with van der Waals surface area (Å²) in [5.74, 6) is -0.327. The molecule has 0 aliphatic heterocycles. The third kappa shape index (κ3) is 4.10. The highest BCUT2D eigenvalue weighted by molar-refractivity contribution is 7.22. The molecule has 0 atom stereocenters. The highest BCUT2D eigenvalue weighted by Crippen LogP contribution is 2.29. The van der Waals surface area contributed by atoms with E-state index in [4.69, 9.17) is 9.47 Å². The van der Waals surface area contributed by atoms with E-state index >= 15 is 0 Å². The van der Waals surface area contributed by atoms with Gasteiger partial charge in [-0.1, -0.05) is 11.3 Å². The number of fused-ring (bicyclic) bond motifs is 1. The third-order valence-electron chi connectivity index (χ3n) is 3.25. The van der Waals surface area contributed by atoms with Crippen molar-refractivity contribution in [2.45, 2.75) is 6.92 Å². The van der Waals surface area contributed by atoms with Crippen LogP contribution < -0.4 is 10.1 Å². The Hall–Kier alpha value is -3.11. The molecule has 0 unspecified atom stereocenters. The lowest BCUT2D eigenvalue weighted by atomic mass is 10.3. The molecule has 0 saturated heterocycles. The van der Waals surface area contributed by atoms with E-state index in [0.717, 1.165) is 4.70 Å². The number of anilines is 1. The maximum absolute atomic E-state index is 12.2. The van der Waals surface area contributed by atoms with Gasteiger partial charge in [-0.2, -0.15) is 0 Å². The fourth-order valence-electron chi connectivity index (χ4n) is 2.05. The minimum Gasteiger partial charge on any atom is -0.468 e. The lowest BCUT2D eigenvalue weighted by Gasteiger charge is -2.04. The molecule has 2 heterocycles. The average molecular weight is 374 g/mol. The Labute approximate surface area is 151 Å². The van der Waals surface area contributed by atoms with Gasteiger partial charge in [0.2, 0.25) is 5.69 Å². The van der Waals surface area contributed by atoms with Gasteiger partial charge in [0.25, 0.3) is 0 Å². The van der Waals surface area contributed by atoms with Crippen molar-refractivity contribution in [2.24, 2.45) is 0 Å². The van der Waals surface area contributed by atoms with E-state index < -0.39 is 16.6 Å². The first-order chi connectivity index (χ1) is 12.6. The van der Waals surface area contributed by atoms with Crippen LogP contribution in [-0.2, 0) is 4.74 Å². The van der Waals surface area contributed by atoms with Crippen LogP contribution in [0.4, 0.5) is 10.9 Å². The van der Waals surface area contributed by atoms with Gasteiger partial charge in [-0.3, -0.25) is 10.1 Å². The molecule has 3 rings (SSSR count). The maximum atomic E-state index is 12.2. The van der Waals surface area contributed by atoms with Crippen LogP contribution in [0.1, 0.15) is 17.4 Å². The smallest absolute Gasteiger partial charge is 0.364 e. The van der Waals surface area contributed by atoms with E-state index in [1.807, 2.05) is 6.92 Å². The number of nitrogens with zero attached hydrogens (tertiary/aromatic N) is 3. The van der Waals surface area contributed by atoms with Crippen molar-refractivity contribution in [1.82, 2.24) is 9.97 Å². The maximum Gasteiger partial charge on any atom is 0.364 e. The normalized spacial score (nSPS) is 10.7. The van der Waals surface area contributed by atoms with Gasteiger partial charge in [0.05, 0.1) is 10.2 Å². The standard InChI is InChI=1S/C16H14N4O5S/c1-2-24-9-25-10-6-7-11-13(8-10)26-16(18-11)19-15(21)12-4-3-5-14(17-12)20(22)23/h3-8H,2,9H2,1H3,(H,18,19,21).